The molecular weight excluding hydrogens is 324 g/mol. The van der Waals surface area contributed by atoms with Gasteiger partial charge in [-0.25, -0.2) is 14.8 Å². The second kappa shape index (κ2) is 6.85. The number of carbonyl (C=O) groups excluding carboxylic acids is 1. The van der Waals surface area contributed by atoms with E-state index < -0.39 is 6.10 Å². The SMILES string of the molecule is O=C(N1CCOCC1)N1CCN(c2ncnc3[nH]ccc23)C[C@@H](O)C1. The van der Waals surface area contributed by atoms with Crippen LogP contribution in [0, 0.1) is 0 Å². The van der Waals surface area contributed by atoms with Crippen molar-refractivity contribution in [1.29, 1.82) is 0 Å². The van der Waals surface area contributed by atoms with Crippen molar-refractivity contribution in [2.75, 3.05) is 57.4 Å². The summed E-state index contributed by atoms with van der Waals surface area (Å²) in [6.07, 6.45) is 2.71. The number of fused-ring (bicyclic) bond motifs is 1. The average Bonchev–Trinajstić information content (AvgIpc) is 3.04. The number of nitrogens with one attached hydrogen (secondary N) is 1. The number of hydrogen-bond donors (Lipinski definition) is 2. The van der Waals surface area contributed by atoms with Crippen molar-refractivity contribution in [3.8, 4) is 0 Å². The number of ether oxygens (including phenoxy) is 1. The number of hydrogen-bond acceptors (Lipinski definition) is 6. The summed E-state index contributed by atoms with van der Waals surface area (Å²) in [5.74, 6) is 0.783. The number of aliphatic hydroxyl groups excluding tert-OH is 1. The predicted octanol–water partition coefficient (Wildman–Crippen LogP) is -0.107. The molecule has 0 aromatic carbocycles. The Morgan fingerprint density at radius 3 is 2.84 bits per heavy atom. The zero-order valence-electron chi connectivity index (χ0n) is 14.0. The third kappa shape index (κ3) is 3.24. The molecule has 2 N–H and O–H groups in total. The molecule has 1 atom stereocenters. The summed E-state index contributed by atoms with van der Waals surface area (Å²) >= 11 is 0. The Morgan fingerprint density at radius 1 is 1.16 bits per heavy atom. The van der Waals surface area contributed by atoms with Crippen molar-refractivity contribution in [3.63, 3.8) is 0 Å². The number of nitrogens with zero attached hydrogens (tertiary/aromatic N) is 5. The smallest absolute Gasteiger partial charge is 0.320 e. The summed E-state index contributed by atoms with van der Waals surface area (Å²) in [5.41, 5.74) is 0.769. The van der Waals surface area contributed by atoms with Crippen LogP contribution >= 0.6 is 0 Å². The Morgan fingerprint density at radius 2 is 2.00 bits per heavy atom. The lowest BCUT2D eigenvalue weighted by molar-refractivity contribution is 0.0400. The monoisotopic (exact) mass is 346 g/mol. The van der Waals surface area contributed by atoms with E-state index in [2.05, 4.69) is 15.0 Å². The molecule has 4 rings (SSSR count). The Hall–Kier alpha value is -2.39. The molecule has 2 aromatic rings. The van der Waals surface area contributed by atoms with Crippen LogP contribution in [0.25, 0.3) is 11.0 Å². The number of aliphatic hydroxyl groups is 1. The minimum Gasteiger partial charge on any atom is -0.389 e. The Labute approximate surface area is 145 Å². The topological polar surface area (TPSA) is 97.8 Å². The maximum Gasteiger partial charge on any atom is 0.320 e. The summed E-state index contributed by atoms with van der Waals surface area (Å²) in [7, 11) is 0. The van der Waals surface area contributed by atoms with Gasteiger partial charge in [-0.05, 0) is 6.07 Å². The number of aromatic nitrogens is 3. The van der Waals surface area contributed by atoms with Crippen molar-refractivity contribution in [2.24, 2.45) is 0 Å². The zero-order chi connectivity index (χ0) is 17.2. The molecule has 2 fully saturated rings. The molecule has 0 radical (unpaired) electrons. The number of H-pyrrole nitrogens is 1. The quantitative estimate of drug-likeness (QED) is 0.748. The number of morpholine rings is 1. The molecule has 2 saturated heterocycles. The van der Waals surface area contributed by atoms with Crippen molar-refractivity contribution in [3.05, 3.63) is 18.6 Å². The highest BCUT2D eigenvalue weighted by Crippen LogP contribution is 2.23. The normalized spacial score (nSPS) is 22.3. The minimum absolute atomic E-state index is 0.0290. The second-order valence-electron chi connectivity index (χ2n) is 6.37. The van der Waals surface area contributed by atoms with E-state index in [1.54, 1.807) is 9.80 Å². The van der Waals surface area contributed by atoms with Gasteiger partial charge in [0.05, 0.1) is 31.2 Å². The van der Waals surface area contributed by atoms with Crippen LogP contribution in [0.15, 0.2) is 18.6 Å². The van der Waals surface area contributed by atoms with E-state index in [4.69, 9.17) is 4.74 Å². The van der Waals surface area contributed by atoms with Crippen LogP contribution in [-0.2, 0) is 4.74 Å². The van der Waals surface area contributed by atoms with Gasteiger partial charge in [-0.3, -0.25) is 0 Å². The van der Waals surface area contributed by atoms with Gasteiger partial charge in [0, 0.05) is 38.9 Å². The van der Waals surface area contributed by atoms with Gasteiger partial charge in [0.15, 0.2) is 0 Å². The maximum atomic E-state index is 12.7. The van der Waals surface area contributed by atoms with Crippen molar-refractivity contribution < 1.29 is 14.6 Å². The molecule has 0 unspecified atom stereocenters. The number of anilines is 1. The molecule has 2 aromatic heterocycles. The van der Waals surface area contributed by atoms with Crippen LogP contribution < -0.4 is 4.90 Å². The first-order valence-corrected chi connectivity index (χ1v) is 8.55. The van der Waals surface area contributed by atoms with Crippen molar-refractivity contribution >= 4 is 22.9 Å². The van der Waals surface area contributed by atoms with Gasteiger partial charge in [0.25, 0.3) is 0 Å². The highest BCUT2D eigenvalue weighted by atomic mass is 16.5. The number of aromatic amines is 1. The largest absolute Gasteiger partial charge is 0.389 e. The lowest BCUT2D eigenvalue weighted by Gasteiger charge is -2.32. The zero-order valence-corrected chi connectivity index (χ0v) is 14.0. The highest BCUT2D eigenvalue weighted by molar-refractivity contribution is 5.87. The lowest BCUT2D eigenvalue weighted by Crippen LogP contribution is -2.50. The van der Waals surface area contributed by atoms with Gasteiger partial charge < -0.3 is 29.5 Å². The lowest BCUT2D eigenvalue weighted by atomic mass is 10.3. The van der Waals surface area contributed by atoms with Crippen molar-refractivity contribution in [1.82, 2.24) is 24.8 Å². The van der Waals surface area contributed by atoms with E-state index in [1.165, 1.54) is 6.33 Å². The third-order valence-electron chi connectivity index (χ3n) is 4.69. The first-order valence-electron chi connectivity index (χ1n) is 8.55. The minimum atomic E-state index is -0.628. The van der Waals surface area contributed by atoms with Gasteiger partial charge in [0.2, 0.25) is 0 Å². The molecule has 9 nitrogen and oxygen atoms in total. The summed E-state index contributed by atoms with van der Waals surface area (Å²) in [6, 6.07) is 1.90. The van der Waals surface area contributed by atoms with E-state index >= 15 is 0 Å². The molecule has 0 aliphatic carbocycles. The average molecular weight is 346 g/mol. The first kappa shape index (κ1) is 16.1. The molecule has 4 heterocycles. The van der Waals surface area contributed by atoms with Crippen LogP contribution in [0.3, 0.4) is 0 Å². The van der Waals surface area contributed by atoms with E-state index in [1.807, 2.05) is 17.2 Å². The fraction of sp³-hybridized carbons (Fsp3) is 0.562. The Kier molecular flexibility index (Phi) is 4.41. The Balaban J connectivity index is 1.51. The molecule has 0 spiro atoms. The van der Waals surface area contributed by atoms with Crippen LogP contribution in [0.1, 0.15) is 0 Å². The summed E-state index contributed by atoms with van der Waals surface area (Å²) in [4.78, 5) is 29.9. The maximum absolute atomic E-state index is 12.7. The van der Waals surface area contributed by atoms with Crippen molar-refractivity contribution in [2.45, 2.75) is 6.10 Å². The van der Waals surface area contributed by atoms with E-state index in [-0.39, 0.29) is 6.03 Å². The van der Waals surface area contributed by atoms with E-state index in [9.17, 15) is 9.90 Å². The van der Waals surface area contributed by atoms with Gasteiger partial charge in [0.1, 0.15) is 17.8 Å². The fourth-order valence-electron chi connectivity index (χ4n) is 3.42. The first-order chi connectivity index (χ1) is 12.2. The molecule has 9 heteroatoms. The number of rotatable bonds is 1. The van der Waals surface area contributed by atoms with Gasteiger partial charge in [-0.15, -0.1) is 0 Å². The molecule has 2 aliphatic heterocycles. The number of amides is 2. The summed E-state index contributed by atoms with van der Waals surface area (Å²) in [6.45, 7) is 4.27. The summed E-state index contributed by atoms with van der Waals surface area (Å²) in [5, 5.41) is 11.4. The second-order valence-corrected chi connectivity index (χ2v) is 6.37. The molecule has 2 amide bonds. The fourth-order valence-corrected chi connectivity index (χ4v) is 3.42. The van der Waals surface area contributed by atoms with Crippen LogP contribution in [0.5, 0.6) is 0 Å². The third-order valence-corrected chi connectivity index (χ3v) is 4.69. The summed E-state index contributed by atoms with van der Waals surface area (Å²) < 4.78 is 5.30. The number of urea groups is 1. The number of β-amino-alcohol motifs (C(OH)–C–C–N with tert-alkyl or cyclic N) is 1. The highest BCUT2D eigenvalue weighted by Gasteiger charge is 2.29. The molecule has 0 bridgehead atoms. The molecule has 25 heavy (non-hydrogen) atoms. The van der Waals surface area contributed by atoms with Crippen LogP contribution in [0.4, 0.5) is 10.6 Å². The Bertz CT molecular complexity index is 744. The van der Waals surface area contributed by atoms with Crippen LogP contribution in [-0.4, -0.2) is 94.5 Å². The molecule has 2 aliphatic rings. The van der Waals surface area contributed by atoms with Crippen LogP contribution in [0.2, 0.25) is 0 Å². The van der Waals surface area contributed by atoms with Gasteiger partial charge >= 0.3 is 6.03 Å². The van der Waals surface area contributed by atoms with E-state index in [0.717, 1.165) is 16.9 Å². The standard InChI is InChI=1S/C16H22N6O3/c23-12-9-21(15-13-1-2-17-14(13)18-11-19-15)3-4-22(10-12)16(24)20-5-7-25-8-6-20/h1-2,11-12,23H,3-10H2,(H,17,18,19)/t12-/m1/s1. The molecule has 0 saturated carbocycles. The van der Waals surface area contributed by atoms with Gasteiger partial charge in [-0.2, -0.15) is 0 Å². The molecule has 134 valence electrons. The predicted molar refractivity (Wildman–Crippen MR) is 91.5 cm³/mol. The van der Waals surface area contributed by atoms with Gasteiger partial charge in [-0.1, -0.05) is 0 Å². The van der Waals surface area contributed by atoms with E-state index in [0.29, 0.717) is 52.5 Å². The number of carbonyl (C=O) groups is 1. The molecular formula is C16H22N6O3.